The Hall–Kier alpha value is -1.74. The highest BCUT2D eigenvalue weighted by Crippen LogP contribution is 2.49. The number of aromatic nitrogens is 2. The molecule has 144 valence electrons. The Labute approximate surface area is 180 Å². The third-order valence-corrected chi connectivity index (χ3v) is 7.21. The molecule has 0 atom stereocenters. The Kier molecular flexibility index (Phi) is 5.82. The minimum Gasteiger partial charge on any atom is -0.358 e. The molecule has 4 rings (SSSR count). The molecule has 0 bridgehead atoms. The fourth-order valence-electron chi connectivity index (χ4n) is 2.76. The zero-order valence-corrected chi connectivity index (χ0v) is 18.4. The van der Waals surface area contributed by atoms with Gasteiger partial charge >= 0.3 is 0 Å². The van der Waals surface area contributed by atoms with Crippen LogP contribution in [0.5, 0.6) is 0 Å². The van der Waals surface area contributed by atoms with Crippen molar-refractivity contribution in [1.82, 2.24) is 10.2 Å². The average Bonchev–Trinajstić information content (AvgIpc) is 3.11. The van der Waals surface area contributed by atoms with Gasteiger partial charge in [-0.3, -0.25) is 9.69 Å². The van der Waals surface area contributed by atoms with Crippen LogP contribution in [0.4, 0.5) is 16.5 Å². The van der Waals surface area contributed by atoms with Gasteiger partial charge in [-0.25, -0.2) is 0 Å². The van der Waals surface area contributed by atoms with E-state index < -0.39 is 0 Å². The Morgan fingerprint density at radius 3 is 2.79 bits per heavy atom. The molecule has 0 radical (unpaired) electrons. The van der Waals surface area contributed by atoms with E-state index in [-0.39, 0.29) is 17.7 Å². The molecule has 28 heavy (non-hydrogen) atoms. The summed E-state index contributed by atoms with van der Waals surface area (Å²) in [5, 5.41) is 12.9. The van der Waals surface area contributed by atoms with Crippen LogP contribution < -0.4 is 10.2 Å². The van der Waals surface area contributed by atoms with E-state index in [1.807, 2.05) is 56.3 Å². The van der Waals surface area contributed by atoms with Crippen LogP contribution in [0.2, 0.25) is 5.02 Å². The third-order valence-electron chi connectivity index (χ3n) is 3.88. The number of carbonyl (C=O) groups excluding carboxylic acids is 1. The van der Waals surface area contributed by atoms with Crippen LogP contribution in [-0.2, 0) is 4.79 Å². The van der Waals surface area contributed by atoms with Gasteiger partial charge in [-0.2, -0.15) is 0 Å². The quantitative estimate of drug-likeness (QED) is 0.488. The van der Waals surface area contributed by atoms with Gasteiger partial charge in [0.15, 0.2) is 4.34 Å². The minimum atomic E-state index is -0.0187. The summed E-state index contributed by atoms with van der Waals surface area (Å²) in [5.74, 6) is 0.246. The first-order valence-corrected chi connectivity index (χ1v) is 11.6. The van der Waals surface area contributed by atoms with Crippen molar-refractivity contribution in [2.75, 3.05) is 16.0 Å². The van der Waals surface area contributed by atoms with Gasteiger partial charge in [0.1, 0.15) is 0 Å². The van der Waals surface area contributed by atoms with Gasteiger partial charge in [-0.15, -0.1) is 10.2 Å². The van der Waals surface area contributed by atoms with Crippen molar-refractivity contribution < 1.29 is 4.79 Å². The summed E-state index contributed by atoms with van der Waals surface area (Å²) < 4.78 is 0.766. The molecule has 2 aromatic carbocycles. The molecule has 9 heteroatoms. The van der Waals surface area contributed by atoms with Crippen molar-refractivity contribution in [1.29, 1.82) is 0 Å². The highest BCUT2D eigenvalue weighted by Gasteiger charge is 2.28. The van der Waals surface area contributed by atoms with E-state index in [1.54, 1.807) is 16.7 Å². The second kappa shape index (κ2) is 8.32. The number of hydrogen-bond donors (Lipinski definition) is 1. The Morgan fingerprint density at radius 2 is 1.96 bits per heavy atom. The molecule has 1 amide bonds. The molecular weight excluding hydrogens is 432 g/mol. The molecule has 0 spiro atoms. The first-order valence-electron chi connectivity index (χ1n) is 8.63. The van der Waals surface area contributed by atoms with Crippen molar-refractivity contribution in [2.24, 2.45) is 0 Å². The first kappa shape index (κ1) is 19.6. The normalized spacial score (nSPS) is 12.6. The van der Waals surface area contributed by atoms with Gasteiger partial charge < -0.3 is 5.32 Å². The monoisotopic (exact) mass is 448 g/mol. The molecule has 1 N–H and O–H groups in total. The van der Waals surface area contributed by atoms with Crippen LogP contribution in [0.15, 0.2) is 56.6 Å². The molecule has 5 nitrogen and oxygen atoms in total. The van der Waals surface area contributed by atoms with Crippen LogP contribution in [-0.4, -0.2) is 27.9 Å². The molecule has 1 aliphatic heterocycles. The van der Waals surface area contributed by atoms with Gasteiger partial charge in [-0.1, -0.05) is 58.6 Å². The van der Waals surface area contributed by atoms with Crippen molar-refractivity contribution in [3.8, 4) is 0 Å². The van der Waals surface area contributed by atoms with Crippen LogP contribution >= 0.6 is 46.5 Å². The number of carbonyl (C=O) groups is 1. The summed E-state index contributed by atoms with van der Waals surface area (Å²) in [6, 6.07) is 13.9. The van der Waals surface area contributed by atoms with Crippen molar-refractivity contribution in [3.05, 3.63) is 47.5 Å². The van der Waals surface area contributed by atoms with Crippen LogP contribution in [0.3, 0.4) is 0 Å². The lowest BCUT2D eigenvalue weighted by Crippen LogP contribution is -2.30. The highest BCUT2D eigenvalue weighted by molar-refractivity contribution is 8.01. The maximum atomic E-state index is 13.2. The molecule has 1 aromatic heterocycles. The SMILES string of the molecule is CC(C)Nc1nnc(SCC(=O)N2c3ccccc3Sc3ccc(Cl)cc32)s1. The largest absolute Gasteiger partial charge is 0.358 e. The number of para-hydroxylation sites is 1. The van der Waals surface area contributed by atoms with Gasteiger partial charge in [0.2, 0.25) is 11.0 Å². The zero-order valence-electron chi connectivity index (χ0n) is 15.2. The molecule has 0 saturated carbocycles. The van der Waals surface area contributed by atoms with E-state index in [4.69, 9.17) is 11.6 Å². The Bertz CT molecular complexity index is 1020. The molecule has 3 aromatic rings. The number of amides is 1. The Morgan fingerprint density at radius 1 is 1.18 bits per heavy atom. The van der Waals surface area contributed by atoms with E-state index in [9.17, 15) is 4.79 Å². The van der Waals surface area contributed by atoms with E-state index in [0.29, 0.717) is 5.02 Å². The van der Waals surface area contributed by atoms with E-state index in [0.717, 1.165) is 30.6 Å². The van der Waals surface area contributed by atoms with Gasteiger partial charge in [-0.05, 0) is 44.2 Å². The highest BCUT2D eigenvalue weighted by atomic mass is 35.5. The topological polar surface area (TPSA) is 58.1 Å². The molecule has 0 saturated heterocycles. The van der Waals surface area contributed by atoms with Crippen molar-refractivity contribution in [2.45, 2.75) is 34.0 Å². The number of nitrogens with one attached hydrogen (secondary N) is 1. The van der Waals surface area contributed by atoms with Crippen molar-refractivity contribution >= 4 is 68.9 Å². The van der Waals surface area contributed by atoms with Crippen LogP contribution in [0.1, 0.15) is 13.8 Å². The molecule has 1 aliphatic rings. The number of anilines is 3. The predicted molar refractivity (Wildman–Crippen MR) is 119 cm³/mol. The fraction of sp³-hybridized carbons (Fsp3) is 0.211. The molecule has 0 fully saturated rings. The van der Waals surface area contributed by atoms with Gasteiger partial charge in [0.05, 0.1) is 17.1 Å². The minimum absolute atomic E-state index is 0.0187. The standard InChI is InChI=1S/C19H17ClN4OS3/c1-11(2)21-18-22-23-19(28-18)26-10-17(25)24-13-5-3-4-6-15(13)27-16-8-7-12(20)9-14(16)24/h3-9,11H,10H2,1-2H3,(H,21,22). The van der Waals surface area contributed by atoms with Gasteiger partial charge in [0, 0.05) is 20.9 Å². The number of thioether (sulfide) groups is 1. The average molecular weight is 449 g/mol. The summed E-state index contributed by atoms with van der Waals surface area (Å²) in [6.45, 7) is 4.10. The zero-order chi connectivity index (χ0) is 19.7. The fourth-order valence-corrected chi connectivity index (χ4v) is 5.71. The van der Waals surface area contributed by atoms with E-state index in [2.05, 4.69) is 15.5 Å². The van der Waals surface area contributed by atoms with Crippen LogP contribution in [0.25, 0.3) is 0 Å². The smallest absolute Gasteiger partial charge is 0.242 e. The first-order chi connectivity index (χ1) is 13.5. The lowest BCUT2D eigenvalue weighted by atomic mass is 10.2. The molecule has 0 aliphatic carbocycles. The van der Waals surface area contributed by atoms with E-state index >= 15 is 0 Å². The lowest BCUT2D eigenvalue weighted by molar-refractivity contribution is -0.115. The second-order valence-electron chi connectivity index (χ2n) is 6.37. The number of halogens is 1. The number of benzene rings is 2. The molecular formula is C19H17ClN4OS3. The molecule has 0 unspecified atom stereocenters. The number of fused-ring (bicyclic) bond motifs is 2. The van der Waals surface area contributed by atoms with E-state index in [1.165, 1.54) is 23.1 Å². The predicted octanol–water partition coefficient (Wildman–Crippen LogP) is 5.93. The summed E-state index contributed by atoms with van der Waals surface area (Å²) >= 11 is 10.7. The second-order valence-corrected chi connectivity index (χ2v) is 10.1. The van der Waals surface area contributed by atoms with Crippen LogP contribution in [0, 0.1) is 0 Å². The summed E-state index contributed by atoms with van der Waals surface area (Å²) in [6.07, 6.45) is 0. The summed E-state index contributed by atoms with van der Waals surface area (Å²) in [7, 11) is 0. The van der Waals surface area contributed by atoms with Crippen molar-refractivity contribution in [3.63, 3.8) is 0 Å². The maximum Gasteiger partial charge on any atom is 0.242 e. The third kappa shape index (κ3) is 4.15. The lowest BCUT2D eigenvalue weighted by Gasteiger charge is -2.31. The number of nitrogens with zero attached hydrogens (tertiary/aromatic N) is 3. The molecule has 2 heterocycles. The Balaban J connectivity index is 1.57. The number of hydrogen-bond acceptors (Lipinski definition) is 7. The summed E-state index contributed by atoms with van der Waals surface area (Å²) in [4.78, 5) is 17.0. The maximum absolute atomic E-state index is 13.2. The summed E-state index contributed by atoms with van der Waals surface area (Å²) in [5.41, 5.74) is 1.70. The van der Waals surface area contributed by atoms with Gasteiger partial charge in [0.25, 0.3) is 0 Å². The number of rotatable bonds is 5.